The zero-order chi connectivity index (χ0) is 14.7. The Morgan fingerprint density at radius 2 is 2.09 bits per heavy atom. The van der Waals surface area contributed by atoms with Crippen molar-refractivity contribution in [2.24, 2.45) is 5.41 Å². The summed E-state index contributed by atoms with van der Waals surface area (Å²) in [5, 5.41) is 14.5. The van der Waals surface area contributed by atoms with E-state index in [0.717, 1.165) is 32.5 Å². The van der Waals surface area contributed by atoms with E-state index in [1.807, 2.05) is 4.68 Å². The van der Waals surface area contributed by atoms with Crippen LogP contribution in [-0.4, -0.2) is 40.5 Å². The van der Waals surface area contributed by atoms with Crippen LogP contribution in [0.15, 0.2) is 6.20 Å². The van der Waals surface area contributed by atoms with Crippen molar-refractivity contribution in [3.8, 4) is 0 Å². The van der Waals surface area contributed by atoms with Gasteiger partial charge in [-0.15, -0.1) is 17.5 Å². The summed E-state index contributed by atoms with van der Waals surface area (Å²) >= 11 is 0. The standard InChI is InChI=1S/C15H25N5O.ClH/c1-15(6-2-3-7-15)11-17-14(21)13-10-20(19-18-13)12-4-8-16-9-5-12;/h10,12,16H,2-9,11H2,1H3,(H,17,21);1H. The van der Waals surface area contributed by atoms with Gasteiger partial charge in [0.2, 0.25) is 0 Å². The Morgan fingerprint density at radius 3 is 2.77 bits per heavy atom. The fraction of sp³-hybridized carbons (Fsp3) is 0.800. The van der Waals surface area contributed by atoms with E-state index in [9.17, 15) is 4.79 Å². The number of carbonyl (C=O) groups is 1. The van der Waals surface area contributed by atoms with Gasteiger partial charge in [-0.2, -0.15) is 0 Å². The number of amides is 1. The minimum Gasteiger partial charge on any atom is -0.350 e. The summed E-state index contributed by atoms with van der Waals surface area (Å²) in [6.07, 6.45) is 8.84. The third-order valence-electron chi connectivity index (χ3n) is 4.91. The average molecular weight is 328 g/mol. The molecule has 2 heterocycles. The highest BCUT2D eigenvalue weighted by atomic mass is 35.5. The smallest absolute Gasteiger partial charge is 0.273 e. The molecule has 1 saturated carbocycles. The predicted molar refractivity (Wildman–Crippen MR) is 87.3 cm³/mol. The van der Waals surface area contributed by atoms with Gasteiger partial charge in [0.25, 0.3) is 5.91 Å². The Morgan fingerprint density at radius 1 is 1.41 bits per heavy atom. The second kappa shape index (κ2) is 7.42. The van der Waals surface area contributed by atoms with Gasteiger partial charge in [-0.05, 0) is 44.2 Å². The molecule has 0 aromatic carbocycles. The van der Waals surface area contributed by atoms with Gasteiger partial charge in [-0.3, -0.25) is 4.79 Å². The number of hydrogen-bond acceptors (Lipinski definition) is 4. The normalized spacial score (nSPS) is 21.3. The van der Waals surface area contributed by atoms with E-state index in [0.29, 0.717) is 11.7 Å². The van der Waals surface area contributed by atoms with Gasteiger partial charge in [-0.1, -0.05) is 25.0 Å². The molecule has 1 aromatic heterocycles. The Hall–Kier alpha value is -1.14. The predicted octanol–water partition coefficient (Wildman–Crippen LogP) is 1.93. The van der Waals surface area contributed by atoms with Crippen LogP contribution in [0.2, 0.25) is 0 Å². The number of carbonyl (C=O) groups excluding carboxylic acids is 1. The SMILES string of the molecule is CC1(CNC(=O)c2cn(C3CCNCC3)nn2)CCCC1.Cl. The summed E-state index contributed by atoms with van der Waals surface area (Å²) in [4.78, 5) is 12.2. The maximum Gasteiger partial charge on any atom is 0.273 e. The Labute approximate surface area is 137 Å². The van der Waals surface area contributed by atoms with Gasteiger partial charge >= 0.3 is 0 Å². The highest BCUT2D eigenvalue weighted by Crippen LogP contribution is 2.36. The number of aromatic nitrogens is 3. The fourth-order valence-corrected chi connectivity index (χ4v) is 3.42. The fourth-order valence-electron chi connectivity index (χ4n) is 3.42. The highest BCUT2D eigenvalue weighted by Gasteiger charge is 2.29. The average Bonchev–Trinajstić information content (AvgIpc) is 3.16. The van der Waals surface area contributed by atoms with Crippen LogP contribution in [0.3, 0.4) is 0 Å². The van der Waals surface area contributed by atoms with E-state index in [-0.39, 0.29) is 23.7 Å². The Balaban J connectivity index is 0.00000176. The summed E-state index contributed by atoms with van der Waals surface area (Å²) in [6.45, 7) is 5.01. The lowest BCUT2D eigenvalue weighted by molar-refractivity contribution is 0.0929. The molecule has 0 unspecified atom stereocenters. The maximum absolute atomic E-state index is 12.2. The van der Waals surface area contributed by atoms with Crippen LogP contribution in [0.4, 0.5) is 0 Å². The first-order valence-electron chi connectivity index (χ1n) is 8.07. The molecule has 3 rings (SSSR count). The lowest BCUT2D eigenvalue weighted by Crippen LogP contribution is -2.34. The summed E-state index contributed by atoms with van der Waals surface area (Å²) in [5.41, 5.74) is 0.705. The molecular formula is C15H26ClN5O. The monoisotopic (exact) mass is 327 g/mol. The molecule has 1 aliphatic carbocycles. The van der Waals surface area contributed by atoms with Crippen molar-refractivity contribution in [3.05, 3.63) is 11.9 Å². The molecule has 2 N–H and O–H groups in total. The van der Waals surface area contributed by atoms with Crippen LogP contribution in [0.25, 0.3) is 0 Å². The number of piperidine rings is 1. The molecule has 22 heavy (non-hydrogen) atoms. The maximum atomic E-state index is 12.2. The first kappa shape index (κ1) is 17.2. The molecule has 2 aliphatic rings. The third-order valence-corrected chi connectivity index (χ3v) is 4.91. The van der Waals surface area contributed by atoms with Crippen LogP contribution in [0.1, 0.15) is 62.0 Å². The van der Waals surface area contributed by atoms with Crippen molar-refractivity contribution in [2.75, 3.05) is 19.6 Å². The van der Waals surface area contributed by atoms with Crippen LogP contribution in [0.5, 0.6) is 0 Å². The quantitative estimate of drug-likeness (QED) is 0.886. The first-order chi connectivity index (χ1) is 10.2. The summed E-state index contributed by atoms with van der Waals surface area (Å²) in [7, 11) is 0. The molecule has 6 nitrogen and oxygen atoms in total. The van der Waals surface area contributed by atoms with Crippen LogP contribution in [0, 0.1) is 5.41 Å². The van der Waals surface area contributed by atoms with Crippen LogP contribution >= 0.6 is 12.4 Å². The molecule has 0 spiro atoms. The molecule has 2 fully saturated rings. The zero-order valence-electron chi connectivity index (χ0n) is 13.2. The Kier molecular flexibility index (Phi) is 5.81. The minimum atomic E-state index is -0.0942. The molecular weight excluding hydrogens is 302 g/mol. The van der Waals surface area contributed by atoms with E-state index in [2.05, 4.69) is 27.9 Å². The van der Waals surface area contributed by atoms with E-state index < -0.39 is 0 Å². The lowest BCUT2D eigenvalue weighted by atomic mass is 9.89. The molecule has 1 amide bonds. The zero-order valence-corrected chi connectivity index (χ0v) is 14.0. The van der Waals surface area contributed by atoms with Crippen molar-refractivity contribution in [1.82, 2.24) is 25.6 Å². The summed E-state index contributed by atoms with van der Waals surface area (Å²) < 4.78 is 1.85. The molecule has 0 bridgehead atoms. The second-order valence-electron chi connectivity index (χ2n) is 6.77. The molecule has 1 saturated heterocycles. The van der Waals surface area contributed by atoms with Crippen molar-refractivity contribution >= 4 is 18.3 Å². The van der Waals surface area contributed by atoms with Crippen molar-refractivity contribution in [2.45, 2.75) is 51.5 Å². The first-order valence-corrected chi connectivity index (χ1v) is 8.07. The minimum absolute atomic E-state index is 0. The van der Waals surface area contributed by atoms with Gasteiger partial charge in [0.1, 0.15) is 0 Å². The molecule has 7 heteroatoms. The van der Waals surface area contributed by atoms with Crippen LogP contribution in [-0.2, 0) is 0 Å². The number of nitrogens with zero attached hydrogens (tertiary/aromatic N) is 3. The largest absolute Gasteiger partial charge is 0.350 e. The van der Waals surface area contributed by atoms with E-state index in [4.69, 9.17) is 0 Å². The molecule has 1 aliphatic heterocycles. The summed E-state index contributed by atoms with van der Waals surface area (Å²) in [5.74, 6) is -0.0942. The van der Waals surface area contributed by atoms with E-state index >= 15 is 0 Å². The van der Waals surface area contributed by atoms with Gasteiger partial charge in [0, 0.05) is 6.54 Å². The number of rotatable bonds is 4. The van der Waals surface area contributed by atoms with Crippen molar-refractivity contribution < 1.29 is 4.79 Å². The van der Waals surface area contributed by atoms with Crippen molar-refractivity contribution in [3.63, 3.8) is 0 Å². The van der Waals surface area contributed by atoms with Gasteiger partial charge in [0.05, 0.1) is 12.2 Å². The highest BCUT2D eigenvalue weighted by molar-refractivity contribution is 5.91. The third kappa shape index (κ3) is 3.98. The topological polar surface area (TPSA) is 71.8 Å². The lowest BCUT2D eigenvalue weighted by Gasteiger charge is -2.23. The van der Waals surface area contributed by atoms with Crippen molar-refractivity contribution in [1.29, 1.82) is 0 Å². The van der Waals surface area contributed by atoms with Gasteiger partial charge in [0.15, 0.2) is 5.69 Å². The summed E-state index contributed by atoms with van der Waals surface area (Å²) in [6, 6.07) is 0.368. The van der Waals surface area contributed by atoms with E-state index in [1.54, 1.807) is 6.20 Å². The number of nitrogens with one attached hydrogen (secondary N) is 2. The molecule has 0 radical (unpaired) electrons. The van der Waals surface area contributed by atoms with Gasteiger partial charge in [-0.25, -0.2) is 4.68 Å². The number of halogens is 1. The molecule has 124 valence electrons. The van der Waals surface area contributed by atoms with Crippen LogP contribution < -0.4 is 10.6 Å². The molecule has 1 aromatic rings. The van der Waals surface area contributed by atoms with E-state index in [1.165, 1.54) is 25.7 Å². The van der Waals surface area contributed by atoms with Gasteiger partial charge < -0.3 is 10.6 Å². The second-order valence-corrected chi connectivity index (χ2v) is 6.77. The Bertz CT molecular complexity index is 492. The number of hydrogen-bond donors (Lipinski definition) is 2. The molecule has 0 atom stereocenters.